The van der Waals surface area contributed by atoms with Crippen molar-refractivity contribution >= 4 is 24.2 Å². The summed E-state index contributed by atoms with van der Waals surface area (Å²) in [6.45, 7) is 5.53. The van der Waals surface area contributed by atoms with E-state index in [0.717, 1.165) is 17.9 Å². The molecule has 1 aliphatic heterocycles. The predicted molar refractivity (Wildman–Crippen MR) is 105 cm³/mol. The molecule has 0 bridgehead atoms. The molecule has 146 valence electrons. The number of amides is 2. The zero-order valence-electron chi connectivity index (χ0n) is 16.0. The van der Waals surface area contributed by atoms with Crippen molar-refractivity contribution in [3.05, 3.63) is 29.8 Å². The van der Waals surface area contributed by atoms with Crippen LogP contribution in [-0.4, -0.2) is 50.0 Å². The molecule has 6 nitrogen and oxygen atoms in total. The standard InChI is InChI=1S/C19H29N3O3.ClH/c1-5-20-13(2)12-21-19(24)16-10-11-17(23)22(3)18(16)14-6-8-15(25-4)9-7-14;/h6-9,13,16,18,20H,5,10-12H2,1-4H3,(H,21,24);1H/t13-,16?,18?;/m1./s1. The predicted octanol–water partition coefficient (Wildman–Crippen LogP) is 2.14. The number of nitrogens with zero attached hydrogens (tertiary/aromatic N) is 1. The number of nitrogens with one attached hydrogen (secondary N) is 2. The fourth-order valence-corrected chi connectivity index (χ4v) is 3.38. The van der Waals surface area contributed by atoms with Crippen LogP contribution < -0.4 is 15.4 Å². The Labute approximate surface area is 162 Å². The van der Waals surface area contributed by atoms with Crippen LogP contribution in [0.1, 0.15) is 38.3 Å². The minimum atomic E-state index is -0.249. The molecular weight excluding hydrogens is 354 g/mol. The number of halogens is 1. The molecule has 2 N–H and O–H groups in total. The highest BCUT2D eigenvalue weighted by atomic mass is 35.5. The van der Waals surface area contributed by atoms with Gasteiger partial charge < -0.3 is 20.3 Å². The Kier molecular flexibility index (Phi) is 8.88. The summed E-state index contributed by atoms with van der Waals surface area (Å²) in [6, 6.07) is 7.56. The van der Waals surface area contributed by atoms with Crippen LogP contribution in [-0.2, 0) is 9.59 Å². The summed E-state index contributed by atoms with van der Waals surface area (Å²) in [6.07, 6.45) is 0.977. The number of hydrogen-bond donors (Lipinski definition) is 2. The Bertz CT molecular complexity index is 594. The number of carbonyl (C=O) groups excluding carboxylic acids is 2. The molecule has 0 saturated carbocycles. The lowest BCUT2D eigenvalue weighted by Crippen LogP contribution is -2.48. The number of piperidine rings is 1. The molecule has 0 aromatic heterocycles. The van der Waals surface area contributed by atoms with Crippen LogP contribution in [0.5, 0.6) is 5.75 Å². The fourth-order valence-electron chi connectivity index (χ4n) is 3.38. The Morgan fingerprint density at radius 2 is 2.00 bits per heavy atom. The lowest BCUT2D eigenvalue weighted by Gasteiger charge is -2.38. The highest BCUT2D eigenvalue weighted by molar-refractivity contribution is 5.85. The molecular formula is C19H30ClN3O3. The summed E-state index contributed by atoms with van der Waals surface area (Å²) in [4.78, 5) is 26.6. The number of likely N-dealkylation sites (N-methyl/N-ethyl adjacent to an activating group) is 1. The normalized spacial score (nSPS) is 20.9. The maximum Gasteiger partial charge on any atom is 0.225 e. The van der Waals surface area contributed by atoms with Crippen LogP contribution in [0.2, 0.25) is 0 Å². The molecule has 26 heavy (non-hydrogen) atoms. The van der Waals surface area contributed by atoms with E-state index >= 15 is 0 Å². The van der Waals surface area contributed by atoms with Gasteiger partial charge in [0.2, 0.25) is 11.8 Å². The van der Waals surface area contributed by atoms with E-state index in [2.05, 4.69) is 10.6 Å². The molecule has 1 aromatic carbocycles. The molecule has 0 radical (unpaired) electrons. The average Bonchev–Trinajstić information content (AvgIpc) is 2.62. The van der Waals surface area contributed by atoms with Crippen molar-refractivity contribution in [2.24, 2.45) is 5.92 Å². The molecule has 2 rings (SSSR count). The van der Waals surface area contributed by atoms with Crippen molar-refractivity contribution < 1.29 is 14.3 Å². The second-order valence-corrected chi connectivity index (χ2v) is 6.57. The molecule has 1 fully saturated rings. The van der Waals surface area contributed by atoms with Gasteiger partial charge in [0, 0.05) is 26.1 Å². The summed E-state index contributed by atoms with van der Waals surface area (Å²) >= 11 is 0. The van der Waals surface area contributed by atoms with Gasteiger partial charge in [-0.2, -0.15) is 0 Å². The Hall–Kier alpha value is -1.79. The first-order valence-electron chi connectivity index (χ1n) is 8.88. The topological polar surface area (TPSA) is 70.7 Å². The van der Waals surface area contributed by atoms with Crippen LogP contribution in [0.4, 0.5) is 0 Å². The molecule has 1 heterocycles. The Balaban J connectivity index is 0.00000338. The van der Waals surface area contributed by atoms with Gasteiger partial charge in [0.05, 0.1) is 19.1 Å². The largest absolute Gasteiger partial charge is 0.497 e. The van der Waals surface area contributed by atoms with Gasteiger partial charge in [-0.15, -0.1) is 12.4 Å². The molecule has 2 amide bonds. The van der Waals surface area contributed by atoms with Gasteiger partial charge >= 0.3 is 0 Å². The number of likely N-dealkylation sites (tertiary alicyclic amines) is 1. The van der Waals surface area contributed by atoms with E-state index < -0.39 is 0 Å². The van der Waals surface area contributed by atoms with Crippen molar-refractivity contribution in [2.45, 2.75) is 38.8 Å². The van der Waals surface area contributed by atoms with Crippen molar-refractivity contribution in [2.75, 3.05) is 27.2 Å². The lowest BCUT2D eigenvalue weighted by molar-refractivity contribution is -0.141. The minimum absolute atomic E-state index is 0. The lowest BCUT2D eigenvalue weighted by atomic mass is 9.84. The zero-order valence-corrected chi connectivity index (χ0v) is 16.8. The van der Waals surface area contributed by atoms with E-state index in [1.165, 1.54) is 0 Å². The highest BCUT2D eigenvalue weighted by Gasteiger charge is 2.38. The third kappa shape index (κ3) is 5.35. The first-order chi connectivity index (χ1) is 12.0. The van der Waals surface area contributed by atoms with Gasteiger partial charge in [-0.25, -0.2) is 0 Å². The summed E-state index contributed by atoms with van der Waals surface area (Å²) in [7, 11) is 3.39. The van der Waals surface area contributed by atoms with E-state index in [1.807, 2.05) is 38.1 Å². The second-order valence-electron chi connectivity index (χ2n) is 6.57. The van der Waals surface area contributed by atoms with Gasteiger partial charge in [-0.1, -0.05) is 19.1 Å². The Morgan fingerprint density at radius 3 is 2.58 bits per heavy atom. The van der Waals surface area contributed by atoms with Gasteiger partial charge in [-0.05, 0) is 37.6 Å². The molecule has 0 aliphatic carbocycles. The monoisotopic (exact) mass is 383 g/mol. The molecule has 2 unspecified atom stereocenters. The number of benzene rings is 1. The molecule has 1 aliphatic rings. The molecule has 0 spiro atoms. The van der Waals surface area contributed by atoms with E-state index in [1.54, 1.807) is 19.1 Å². The number of carbonyl (C=O) groups is 2. The average molecular weight is 384 g/mol. The molecule has 1 aromatic rings. The minimum Gasteiger partial charge on any atom is -0.497 e. The fraction of sp³-hybridized carbons (Fsp3) is 0.579. The van der Waals surface area contributed by atoms with Gasteiger partial charge in [0.1, 0.15) is 5.75 Å². The van der Waals surface area contributed by atoms with E-state index in [4.69, 9.17) is 4.74 Å². The van der Waals surface area contributed by atoms with E-state index in [0.29, 0.717) is 19.4 Å². The van der Waals surface area contributed by atoms with Gasteiger partial charge in [-0.3, -0.25) is 9.59 Å². The first kappa shape index (κ1) is 22.3. The van der Waals surface area contributed by atoms with Crippen molar-refractivity contribution in [3.63, 3.8) is 0 Å². The van der Waals surface area contributed by atoms with Gasteiger partial charge in [0.15, 0.2) is 0 Å². The third-order valence-corrected chi connectivity index (χ3v) is 4.79. The summed E-state index contributed by atoms with van der Waals surface area (Å²) in [5, 5.41) is 6.31. The molecule has 7 heteroatoms. The third-order valence-electron chi connectivity index (χ3n) is 4.79. The van der Waals surface area contributed by atoms with Gasteiger partial charge in [0.25, 0.3) is 0 Å². The summed E-state index contributed by atoms with van der Waals surface area (Å²) in [5.41, 5.74) is 0.955. The van der Waals surface area contributed by atoms with Crippen LogP contribution in [0.3, 0.4) is 0 Å². The van der Waals surface area contributed by atoms with Crippen LogP contribution >= 0.6 is 12.4 Å². The van der Waals surface area contributed by atoms with Crippen LogP contribution in [0.15, 0.2) is 24.3 Å². The number of rotatable bonds is 7. The maximum absolute atomic E-state index is 12.8. The second kappa shape index (κ2) is 10.4. The van der Waals surface area contributed by atoms with Crippen molar-refractivity contribution in [1.29, 1.82) is 0 Å². The van der Waals surface area contributed by atoms with E-state index in [9.17, 15) is 9.59 Å². The molecule has 1 saturated heterocycles. The Morgan fingerprint density at radius 1 is 1.35 bits per heavy atom. The van der Waals surface area contributed by atoms with Crippen LogP contribution in [0.25, 0.3) is 0 Å². The first-order valence-corrected chi connectivity index (χ1v) is 8.88. The number of hydrogen-bond acceptors (Lipinski definition) is 4. The van der Waals surface area contributed by atoms with E-state index in [-0.39, 0.29) is 42.2 Å². The SMILES string of the molecule is CCN[C@H](C)CNC(=O)C1CCC(=O)N(C)C1c1ccc(OC)cc1.Cl. The van der Waals surface area contributed by atoms with Crippen LogP contribution in [0, 0.1) is 5.92 Å². The summed E-state index contributed by atoms with van der Waals surface area (Å²) < 4.78 is 5.20. The quantitative estimate of drug-likeness (QED) is 0.756. The smallest absolute Gasteiger partial charge is 0.225 e. The highest BCUT2D eigenvalue weighted by Crippen LogP contribution is 2.36. The van der Waals surface area contributed by atoms with Crippen molar-refractivity contribution in [1.82, 2.24) is 15.5 Å². The zero-order chi connectivity index (χ0) is 18.4. The summed E-state index contributed by atoms with van der Waals surface area (Å²) in [5.74, 6) is 0.592. The number of ether oxygens (including phenoxy) is 1. The maximum atomic E-state index is 12.8. The number of methoxy groups -OCH3 is 1. The van der Waals surface area contributed by atoms with Crippen molar-refractivity contribution in [3.8, 4) is 5.75 Å². The molecule has 3 atom stereocenters.